The van der Waals surface area contributed by atoms with Crippen LogP contribution < -0.4 is 0 Å². The Morgan fingerprint density at radius 3 is 1.12 bits per heavy atom. The van der Waals surface area contributed by atoms with Crippen molar-refractivity contribution in [2.75, 3.05) is 0 Å². The zero-order chi connectivity index (χ0) is 5.15. The van der Waals surface area contributed by atoms with Gasteiger partial charge in [0.15, 0.2) is 0 Å². The third-order valence-electron chi connectivity index (χ3n) is 0.183. The first kappa shape index (κ1) is 15.7. The van der Waals surface area contributed by atoms with Gasteiger partial charge in [0.1, 0.15) is 0 Å². The molecule has 0 heterocycles. The van der Waals surface area contributed by atoms with Gasteiger partial charge >= 0.3 is 30.8 Å². The van der Waals surface area contributed by atoms with Gasteiger partial charge in [-0.25, -0.2) is 9.59 Å². The molecular weight excluding hydrogens is 151 g/mol. The molecule has 0 rings (SSSR count). The van der Waals surface area contributed by atoms with Crippen molar-refractivity contribution in [3.05, 3.63) is 0 Å². The van der Waals surface area contributed by atoms with Gasteiger partial charge in [-0.2, -0.15) is 0 Å². The third-order valence-corrected chi connectivity index (χ3v) is 0.183. The number of carbonyl (C=O) groups is 2. The fourth-order valence-electron chi connectivity index (χ4n) is 0. The Labute approximate surface area is 67.9 Å². The molecule has 0 aromatic rings. The number of hydrogen-bond acceptors (Lipinski definition) is 2. The van der Waals surface area contributed by atoms with E-state index in [0.29, 0.717) is 0 Å². The summed E-state index contributed by atoms with van der Waals surface area (Å²) in [6.07, 6.45) is 0. The van der Waals surface area contributed by atoms with Gasteiger partial charge in [-0.05, 0) is 0 Å². The van der Waals surface area contributed by atoms with E-state index in [9.17, 15) is 0 Å². The van der Waals surface area contributed by atoms with Crippen molar-refractivity contribution in [1.29, 1.82) is 0 Å². The molecule has 0 aromatic carbocycles. The molecule has 0 saturated heterocycles. The molecule has 0 atom stereocenters. The van der Waals surface area contributed by atoms with E-state index in [4.69, 9.17) is 19.8 Å². The van der Waals surface area contributed by atoms with Crippen molar-refractivity contribution in [3.8, 4) is 0 Å². The summed E-state index contributed by atoms with van der Waals surface area (Å²) in [5.74, 6) is -3.65. The van der Waals surface area contributed by atoms with Crippen molar-refractivity contribution in [2.45, 2.75) is 0 Å². The molecule has 0 radical (unpaired) electrons. The van der Waals surface area contributed by atoms with Gasteiger partial charge < -0.3 is 10.2 Å². The summed E-state index contributed by atoms with van der Waals surface area (Å²) in [6, 6.07) is 0. The minimum absolute atomic E-state index is 0. The monoisotopic (exact) mass is 154 g/mol. The van der Waals surface area contributed by atoms with Crippen molar-refractivity contribution in [2.24, 2.45) is 0 Å². The van der Waals surface area contributed by atoms with Gasteiger partial charge in [-0.15, -0.1) is 0 Å². The van der Waals surface area contributed by atoms with Crippen molar-refractivity contribution in [1.82, 2.24) is 0 Å². The average molecular weight is 154 g/mol. The Bertz CT molecular complexity index is 80.0. The Hall–Kier alpha value is 0.0569. The van der Waals surface area contributed by atoms with Crippen LogP contribution in [-0.2, 0) is 26.7 Å². The van der Waals surface area contributed by atoms with Crippen LogP contribution in [0.4, 0.5) is 0 Å². The second kappa shape index (κ2) is 7.06. The topological polar surface area (TPSA) is 74.6 Å². The molecule has 0 saturated carbocycles. The Kier molecular flexibility index (Phi) is 13.8. The summed E-state index contributed by atoms with van der Waals surface area (Å²) >= 11 is 0. The van der Waals surface area contributed by atoms with E-state index in [1.54, 1.807) is 0 Å². The number of aliphatic carboxylic acids is 2. The zero-order valence-electron chi connectivity index (χ0n) is 3.06. The molecule has 0 aliphatic carbocycles. The summed E-state index contributed by atoms with van der Waals surface area (Å²) in [7, 11) is 0. The minimum atomic E-state index is -1.82. The normalized spacial score (nSPS) is 5.50. The second-order valence-corrected chi connectivity index (χ2v) is 0.610. The van der Waals surface area contributed by atoms with Crippen LogP contribution in [0.15, 0.2) is 0 Å². The van der Waals surface area contributed by atoms with Gasteiger partial charge in [0.2, 0.25) is 0 Å². The van der Waals surface area contributed by atoms with E-state index < -0.39 is 11.9 Å². The van der Waals surface area contributed by atoms with Crippen LogP contribution >= 0.6 is 0 Å². The SMILES string of the molecule is O=C(O)C(=O)O.[Fe].[LiH]. The summed E-state index contributed by atoms with van der Waals surface area (Å²) in [5.41, 5.74) is 0. The zero-order valence-corrected chi connectivity index (χ0v) is 4.17. The van der Waals surface area contributed by atoms with Crippen LogP contribution in [0.3, 0.4) is 0 Å². The molecule has 0 fully saturated rings. The van der Waals surface area contributed by atoms with E-state index in [1.165, 1.54) is 0 Å². The maximum absolute atomic E-state index is 9.10. The summed E-state index contributed by atoms with van der Waals surface area (Å²) < 4.78 is 0. The Morgan fingerprint density at radius 1 is 1.00 bits per heavy atom. The molecule has 0 amide bonds. The van der Waals surface area contributed by atoms with E-state index in [2.05, 4.69) is 0 Å². The Balaban J connectivity index is -0.000000125. The molecule has 6 heteroatoms. The fourth-order valence-corrected chi connectivity index (χ4v) is 0. The molecule has 8 heavy (non-hydrogen) atoms. The predicted molar refractivity (Wildman–Crippen MR) is 22.4 cm³/mol. The van der Waals surface area contributed by atoms with Crippen LogP contribution in [0.1, 0.15) is 0 Å². The number of rotatable bonds is 0. The second-order valence-electron chi connectivity index (χ2n) is 0.610. The van der Waals surface area contributed by atoms with E-state index in [-0.39, 0.29) is 35.9 Å². The molecule has 2 N–H and O–H groups in total. The average Bonchev–Trinajstić information content (AvgIpc) is 1.36. The molecule has 0 aromatic heterocycles. The summed E-state index contributed by atoms with van der Waals surface area (Å²) in [6.45, 7) is 0. The maximum atomic E-state index is 9.10. The first-order chi connectivity index (χ1) is 2.64. The van der Waals surface area contributed by atoms with E-state index in [0.717, 1.165) is 0 Å². The molecule has 44 valence electrons. The van der Waals surface area contributed by atoms with Crippen LogP contribution in [0, 0.1) is 0 Å². The Morgan fingerprint density at radius 2 is 1.12 bits per heavy atom. The number of carboxylic acid groups (broad SMARTS) is 2. The first-order valence-corrected chi connectivity index (χ1v) is 1.11. The van der Waals surface area contributed by atoms with E-state index >= 15 is 0 Å². The van der Waals surface area contributed by atoms with Crippen LogP contribution in [0.5, 0.6) is 0 Å². The molecule has 0 aliphatic rings. The summed E-state index contributed by atoms with van der Waals surface area (Å²) in [5, 5.41) is 14.8. The molecule has 0 unspecified atom stereocenters. The molecule has 4 nitrogen and oxygen atoms in total. The number of hydrogen-bond donors (Lipinski definition) is 2. The van der Waals surface area contributed by atoms with Gasteiger partial charge in [0.25, 0.3) is 0 Å². The van der Waals surface area contributed by atoms with Crippen molar-refractivity contribution >= 4 is 30.8 Å². The molecule has 0 spiro atoms. The van der Waals surface area contributed by atoms with Gasteiger partial charge in [-0.1, -0.05) is 0 Å². The third kappa shape index (κ3) is 9.41. The molecule has 0 aliphatic heterocycles. The number of carboxylic acids is 2. The first-order valence-electron chi connectivity index (χ1n) is 1.11. The van der Waals surface area contributed by atoms with Crippen LogP contribution in [0.2, 0.25) is 0 Å². The quantitative estimate of drug-likeness (QED) is 0.329. The standard InChI is InChI=1S/C2H2O4.Fe.Li.H/c3-1(4)2(5)6;;;/h(H,3,4)(H,5,6);;;. The van der Waals surface area contributed by atoms with Crippen molar-refractivity contribution < 1.29 is 36.9 Å². The predicted octanol–water partition coefficient (Wildman–Crippen LogP) is -1.50. The van der Waals surface area contributed by atoms with Gasteiger partial charge in [0.05, 0.1) is 0 Å². The van der Waals surface area contributed by atoms with Gasteiger partial charge in [-0.3, -0.25) is 0 Å². The molecular formula is C2H3FeLiO4. The fraction of sp³-hybridized carbons (Fsp3) is 0. The van der Waals surface area contributed by atoms with Crippen LogP contribution in [-0.4, -0.2) is 41.0 Å². The summed E-state index contributed by atoms with van der Waals surface area (Å²) in [4.78, 5) is 18.2. The van der Waals surface area contributed by atoms with Crippen molar-refractivity contribution in [3.63, 3.8) is 0 Å². The van der Waals surface area contributed by atoms with Gasteiger partial charge in [0, 0.05) is 17.1 Å². The van der Waals surface area contributed by atoms with E-state index in [1.807, 2.05) is 0 Å². The van der Waals surface area contributed by atoms with Crippen LogP contribution in [0.25, 0.3) is 0 Å². The molecule has 0 bridgehead atoms.